The molecular weight excluding hydrogens is 164 g/mol. The number of esters is 1. The van der Waals surface area contributed by atoms with Crippen molar-refractivity contribution in [1.82, 2.24) is 0 Å². The van der Waals surface area contributed by atoms with E-state index in [0.717, 1.165) is 24.8 Å². The maximum atomic E-state index is 10.6. The van der Waals surface area contributed by atoms with Crippen LogP contribution in [0.4, 0.5) is 0 Å². The number of hydrogen-bond acceptors (Lipinski definition) is 2. The summed E-state index contributed by atoms with van der Waals surface area (Å²) in [6, 6.07) is 0. The van der Waals surface area contributed by atoms with E-state index in [2.05, 4.69) is 13.5 Å². The van der Waals surface area contributed by atoms with Gasteiger partial charge in [0.1, 0.15) is 5.76 Å². The van der Waals surface area contributed by atoms with E-state index < -0.39 is 0 Å². The fraction of sp³-hybridized carbons (Fsp3) is 0.545. The molecule has 0 fully saturated rings. The Bertz CT molecular complexity index is 214. The zero-order valence-corrected chi connectivity index (χ0v) is 8.72. The first-order valence-electron chi connectivity index (χ1n) is 4.64. The second-order valence-electron chi connectivity index (χ2n) is 2.93. The molecule has 2 heteroatoms. The maximum absolute atomic E-state index is 10.6. The molecule has 0 rings (SSSR count). The third-order valence-electron chi connectivity index (χ3n) is 1.77. The summed E-state index contributed by atoms with van der Waals surface area (Å²) in [5, 5.41) is 0. The van der Waals surface area contributed by atoms with Gasteiger partial charge in [0.2, 0.25) is 0 Å². The lowest BCUT2D eigenvalue weighted by Gasteiger charge is -2.08. The van der Waals surface area contributed by atoms with Crippen LogP contribution in [0.15, 0.2) is 24.0 Å². The third-order valence-corrected chi connectivity index (χ3v) is 1.77. The average molecular weight is 182 g/mol. The lowest BCUT2D eigenvalue weighted by Crippen LogP contribution is -2.00. The molecular formula is C11H18O2. The van der Waals surface area contributed by atoms with Crippen molar-refractivity contribution in [3.05, 3.63) is 24.0 Å². The van der Waals surface area contributed by atoms with Crippen LogP contribution in [0.2, 0.25) is 0 Å². The number of rotatable bonds is 5. The lowest BCUT2D eigenvalue weighted by molar-refractivity contribution is -0.136. The summed E-state index contributed by atoms with van der Waals surface area (Å²) in [5.41, 5.74) is 1.03. The van der Waals surface area contributed by atoms with Gasteiger partial charge in [-0.3, -0.25) is 4.79 Å². The Morgan fingerprint density at radius 3 is 2.54 bits per heavy atom. The van der Waals surface area contributed by atoms with E-state index in [-0.39, 0.29) is 5.97 Å². The molecule has 0 unspecified atom stereocenters. The van der Waals surface area contributed by atoms with Crippen LogP contribution in [-0.2, 0) is 9.53 Å². The second-order valence-corrected chi connectivity index (χ2v) is 2.93. The predicted molar refractivity (Wildman–Crippen MR) is 54.2 cm³/mol. The van der Waals surface area contributed by atoms with Crippen LogP contribution in [-0.4, -0.2) is 5.97 Å². The number of carbonyl (C=O) groups excluding carboxylic acids is 1. The molecule has 0 aromatic carbocycles. The molecule has 0 saturated heterocycles. The number of carbonyl (C=O) groups is 1. The van der Waals surface area contributed by atoms with Crippen LogP contribution in [0, 0.1) is 0 Å². The van der Waals surface area contributed by atoms with E-state index in [0.29, 0.717) is 5.76 Å². The highest BCUT2D eigenvalue weighted by Crippen LogP contribution is 2.16. The molecule has 0 heterocycles. The average Bonchev–Trinajstić information content (AvgIpc) is 2.04. The van der Waals surface area contributed by atoms with Crippen molar-refractivity contribution in [2.24, 2.45) is 0 Å². The molecule has 13 heavy (non-hydrogen) atoms. The monoisotopic (exact) mass is 182 g/mol. The summed E-state index contributed by atoms with van der Waals surface area (Å²) >= 11 is 0. The molecule has 0 bridgehead atoms. The molecule has 0 aliphatic heterocycles. The van der Waals surface area contributed by atoms with Crippen molar-refractivity contribution in [1.29, 1.82) is 0 Å². The van der Waals surface area contributed by atoms with Gasteiger partial charge in [-0.05, 0) is 25.3 Å². The number of unbranched alkanes of at least 4 members (excludes halogenated alkanes) is 1. The maximum Gasteiger partial charge on any atom is 0.308 e. The van der Waals surface area contributed by atoms with Gasteiger partial charge in [0, 0.05) is 6.92 Å². The molecule has 0 aliphatic carbocycles. The smallest absolute Gasteiger partial charge is 0.308 e. The van der Waals surface area contributed by atoms with E-state index >= 15 is 0 Å². The van der Waals surface area contributed by atoms with Gasteiger partial charge in [-0.1, -0.05) is 26.0 Å². The van der Waals surface area contributed by atoms with Crippen LogP contribution in [0.3, 0.4) is 0 Å². The van der Waals surface area contributed by atoms with E-state index in [1.165, 1.54) is 6.92 Å². The summed E-state index contributed by atoms with van der Waals surface area (Å²) < 4.78 is 4.90. The highest BCUT2D eigenvalue weighted by atomic mass is 16.5. The largest absolute Gasteiger partial charge is 0.427 e. The summed E-state index contributed by atoms with van der Waals surface area (Å²) in [5.74, 6) is 0.185. The van der Waals surface area contributed by atoms with Crippen LogP contribution in [0.1, 0.15) is 40.0 Å². The molecule has 0 aliphatic rings. The Labute approximate surface area is 80.3 Å². The van der Waals surface area contributed by atoms with Gasteiger partial charge < -0.3 is 4.74 Å². The SMILES string of the molecule is C=C(OC(C)=O)/C(=C\C)CCCC. The summed E-state index contributed by atoms with van der Waals surface area (Å²) in [4.78, 5) is 10.6. The minimum absolute atomic E-state index is 0.305. The minimum atomic E-state index is -0.305. The highest BCUT2D eigenvalue weighted by Gasteiger charge is 2.04. The molecule has 0 aromatic rings. The fourth-order valence-electron chi connectivity index (χ4n) is 1.05. The van der Waals surface area contributed by atoms with Gasteiger partial charge in [-0.2, -0.15) is 0 Å². The Morgan fingerprint density at radius 1 is 1.54 bits per heavy atom. The van der Waals surface area contributed by atoms with Gasteiger partial charge in [0.05, 0.1) is 0 Å². The molecule has 74 valence electrons. The number of allylic oxidation sites excluding steroid dienone is 2. The van der Waals surface area contributed by atoms with Crippen molar-refractivity contribution in [2.75, 3.05) is 0 Å². The molecule has 0 spiro atoms. The molecule has 0 saturated carbocycles. The topological polar surface area (TPSA) is 26.3 Å². The van der Waals surface area contributed by atoms with E-state index in [1.807, 2.05) is 13.0 Å². The Balaban J connectivity index is 4.09. The summed E-state index contributed by atoms with van der Waals surface area (Å²) in [7, 11) is 0. The van der Waals surface area contributed by atoms with Gasteiger partial charge in [0.25, 0.3) is 0 Å². The Hall–Kier alpha value is -1.05. The first-order chi connectivity index (χ1) is 6.11. The zero-order valence-electron chi connectivity index (χ0n) is 8.72. The van der Waals surface area contributed by atoms with Crippen LogP contribution in [0.5, 0.6) is 0 Å². The quantitative estimate of drug-likeness (QED) is 0.371. The van der Waals surface area contributed by atoms with Crippen LogP contribution in [0.25, 0.3) is 0 Å². The van der Waals surface area contributed by atoms with Gasteiger partial charge in [-0.15, -0.1) is 0 Å². The summed E-state index contributed by atoms with van der Waals surface area (Å²) in [6.45, 7) is 9.15. The molecule has 0 N–H and O–H groups in total. The Kier molecular flexibility index (Phi) is 5.94. The van der Waals surface area contributed by atoms with E-state index in [9.17, 15) is 4.79 Å². The van der Waals surface area contributed by atoms with Crippen molar-refractivity contribution >= 4 is 5.97 Å². The molecule has 0 atom stereocenters. The van der Waals surface area contributed by atoms with Crippen molar-refractivity contribution < 1.29 is 9.53 Å². The van der Waals surface area contributed by atoms with Gasteiger partial charge in [0.15, 0.2) is 0 Å². The molecule has 0 aromatic heterocycles. The normalized spacial score (nSPS) is 11.2. The van der Waals surface area contributed by atoms with Crippen molar-refractivity contribution in [3.63, 3.8) is 0 Å². The first kappa shape index (κ1) is 11.9. The van der Waals surface area contributed by atoms with Crippen LogP contribution < -0.4 is 0 Å². The first-order valence-corrected chi connectivity index (χ1v) is 4.64. The lowest BCUT2D eigenvalue weighted by atomic mass is 10.1. The van der Waals surface area contributed by atoms with Crippen LogP contribution >= 0.6 is 0 Å². The molecule has 2 nitrogen and oxygen atoms in total. The molecule has 0 radical (unpaired) electrons. The minimum Gasteiger partial charge on any atom is -0.427 e. The predicted octanol–water partition coefficient (Wildman–Crippen LogP) is 3.20. The van der Waals surface area contributed by atoms with E-state index in [4.69, 9.17) is 4.74 Å². The fourth-order valence-corrected chi connectivity index (χ4v) is 1.05. The van der Waals surface area contributed by atoms with E-state index in [1.54, 1.807) is 0 Å². The summed E-state index contributed by atoms with van der Waals surface area (Å²) in [6.07, 6.45) is 5.10. The Morgan fingerprint density at radius 2 is 2.15 bits per heavy atom. The van der Waals surface area contributed by atoms with Crippen molar-refractivity contribution in [3.8, 4) is 0 Å². The molecule has 0 amide bonds. The van der Waals surface area contributed by atoms with Gasteiger partial charge >= 0.3 is 5.97 Å². The number of hydrogen-bond donors (Lipinski definition) is 0. The second kappa shape index (κ2) is 6.46. The van der Waals surface area contributed by atoms with Gasteiger partial charge in [-0.25, -0.2) is 0 Å². The zero-order chi connectivity index (χ0) is 10.3. The highest BCUT2D eigenvalue weighted by molar-refractivity contribution is 5.68. The van der Waals surface area contributed by atoms with Crippen molar-refractivity contribution in [2.45, 2.75) is 40.0 Å². The third kappa shape index (κ3) is 5.23. The number of ether oxygens (including phenoxy) is 1. The standard InChI is InChI=1S/C11H18O2/c1-5-7-8-11(6-2)9(3)13-10(4)12/h6H,3,5,7-8H2,1-2,4H3/b11-6-.